The number of piperidine rings is 1. The molecule has 1 aliphatic heterocycles. The Bertz CT molecular complexity index is 556. The van der Waals surface area contributed by atoms with Crippen LogP contribution in [0, 0.1) is 11.3 Å². The number of aliphatic hydroxyl groups excluding tert-OH is 1. The maximum absolute atomic E-state index is 9.63. The SMILES string of the molecule is C=CCCC(CC)Nc1ccc(N2CCC(O)CC2)c(C#N)c1. The zero-order valence-corrected chi connectivity index (χ0v) is 14.0. The van der Waals surface area contributed by atoms with E-state index in [1.807, 2.05) is 18.2 Å². The Labute approximate surface area is 139 Å². The largest absolute Gasteiger partial charge is 0.393 e. The summed E-state index contributed by atoms with van der Waals surface area (Å²) in [6.07, 6.45) is 6.36. The number of hydrogen-bond acceptors (Lipinski definition) is 4. The van der Waals surface area contributed by atoms with Gasteiger partial charge in [-0.25, -0.2) is 0 Å². The molecular formula is C19H27N3O. The molecule has 0 amide bonds. The lowest BCUT2D eigenvalue weighted by Crippen LogP contribution is -2.36. The van der Waals surface area contributed by atoms with Crippen LogP contribution in [-0.2, 0) is 0 Å². The highest BCUT2D eigenvalue weighted by Gasteiger charge is 2.19. The van der Waals surface area contributed by atoms with Crippen molar-refractivity contribution in [2.24, 2.45) is 0 Å². The molecule has 1 aromatic carbocycles. The van der Waals surface area contributed by atoms with E-state index in [0.717, 1.165) is 56.6 Å². The third-order valence-electron chi connectivity index (χ3n) is 4.51. The number of hydrogen-bond donors (Lipinski definition) is 2. The maximum atomic E-state index is 9.63. The molecule has 0 saturated carbocycles. The van der Waals surface area contributed by atoms with Crippen LogP contribution in [0.4, 0.5) is 11.4 Å². The van der Waals surface area contributed by atoms with Gasteiger partial charge >= 0.3 is 0 Å². The van der Waals surface area contributed by atoms with E-state index < -0.39 is 0 Å². The Morgan fingerprint density at radius 2 is 2.22 bits per heavy atom. The van der Waals surface area contributed by atoms with Crippen molar-refractivity contribution in [1.29, 1.82) is 5.26 Å². The van der Waals surface area contributed by atoms with Gasteiger partial charge in [0.15, 0.2) is 0 Å². The lowest BCUT2D eigenvalue weighted by molar-refractivity contribution is 0.145. The molecule has 0 spiro atoms. The summed E-state index contributed by atoms with van der Waals surface area (Å²) in [6.45, 7) is 7.55. The first kappa shape index (κ1) is 17.4. The molecule has 4 nitrogen and oxygen atoms in total. The Morgan fingerprint density at radius 1 is 1.48 bits per heavy atom. The smallest absolute Gasteiger partial charge is 0.101 e. The van der Waals surface area contributed by atoms with Crippen LogP contribution in [0.5, 0.6) is 0 Å². The highest BCUT2D eigenvalue weighted by molar-refractivity contribution is 5.65. The van der Waals surface area contributed by atoms with Gasteiger partial charge in [0.2, 0.25) is 0 Å². The molecule has 0 aliphatic carbocycles. The molecule has 124 valence electrons. The van der Waals surface area contributed by atoms with Gasteiger partial charge in [-0.1, -0.05) is 13.0 Å². The third kappa shape index (κ3) is 4.74. The van der Waals surface area contributed by atoms with Crippen molar-refractivity contribution in [3.63, 3.8) is 0 Å². The lowest BCUT2D eigenvalue weighted by atomic mass is 10.0. The first-order valence-corrected chi connectivity index (χ1v) is 8.52. The van der Waals surface area contributed by atoms with Gasteiger partial charge in [0, 0.05) is 24.8 Å². The van der Waals surface area contributed by atoms with Gasteiger partial charge in [-0.3, -0.25) is 0 Å². The second-order valence-electron chi connectivity index (χ2n) is 6.18. The predicted octanol–water partition coefficient (Wildman–Crippen LogP) is 3.68. The number of benzene rings is 1. The molecule has 2 N–H and O–H groups in total. The molecule has 1 aliphatic rings. The number of nitrogens with zero attached hydrogens (tertiary/aromatic N) is 2. The fourth-order valence-electron chi connectivity index (χ4n) is 3.03. The van der Waals surface area contributed by atoms with Gasteiger partial charge in [0.1, 0.15) is 6.07 Å². The van der Waals surface area contributed by atoms with Gasteiger partial charge < -0.3 is 15.3 Å². The van der Waals surface area contributed by atoms with Crippen molar-refractivity contribution in [2.45, 2.75) is 51.2 Å². The van der Waals surface area contributed by atoms with Gasteiger partial charge in [-0.05, 0) is 50.3 Å². The first-order valence-electron chi connectivity index (χ1n) is 8.52. The molecule has 1 heterocycles. The summed E-state index contributed by atoms with van der Waals surface area (Å²) in [6, 6.07) is 8.74. The number of aliphatic hydroxyl groups is 1. The first-order chi connectivity index (χ1) is 11.2. The van der Waals surface area contributed by atoms with E-state index in [2.05, 4.69) is 35.9 Å². The number of nitrogens with one attached hydrogen (secondary N) is 1. The van der Waals surface area contributed by atoms with Crippen molar-refractivity contribution in [3.05, 3.63) is 36.4 Å². The number of allylic oxidation sites excluding steroid dienone is 1. The highest BCUT2D eigenvalue weighted by atomic mass is 16.3. The van der Waals surface area contributed by atoms with E-state index in [1.54, 1.807) is 0 Å². The quantitative estimate of drug-likeness (QED) is 0.754. The van der Waals surface area contributed by atoms with Gasteiger partial charge in [0.05, 0.1) is 17.4 Å². The monoisotopic (exact) mass is 313 g/mol. The summed E-state index contributed by atoms with van der Waals surface area (Å²) in [4.78, 5) is 2.20. The molecular weight excluding hydrogens is 286 g/mol. The average molecular weight is 313 g/mol. The Morgan fingerprint density at radius 3 is 2.83 bits per heavy atom. The minimum atomic E-state index is -0.201. The van der Waals surface area contributed by atoms with Crippen LogP contribution < -0.4 is 10.2 Å². The second-order valence-corrected chi connectivity index (χ2v) is 6.18. The van der Waals surface area contributed by atoms with E-state index in [-0.39, 0.29) is 6.10 Å². The van der Waals surface area contributed by atoms with Gasteiger partial charge in [0.25, 0.3) is 0 Å². The third-order valence-corrected chi connectivity index (χ3v) is 4.51. The van der Waals surface area contributed by atoms with Crippen LogP contribution in [0.3, 0.4) is 0 Å². The van der Waals surface area contributed by atoms with E-state index in [4.69, 9.17) is 0 Å². The van der Waals surface area contributed by atoms with Crippen LogP contribution >= 0.6 is 0 Å². The molecule has 1 unspecified atom stereocenters. The standard InChI is InChI=1S/C19H27N3O/c1-3-5-6-16(4-2)21-17-7-8-19(15(13-17)14-20)22-11-9-18(23)10-12-22/h3,7-8,13,16,18,21,23H,1,4-6,9-12H2,2H3. The van der Waals surface area contributed by atoms with E-state index in [1.165, 1.54) is 0 Å². The zero-order valence-electron chi connectivity index (χ0n) is 14.0. The Hall–Kier alpha value is -1.99. The molecule has 0 bridgehead atoms. The summed E-state index contributed by atoms with van der Waals surface area (Å²) in [5, 5.41) is 22.6. The van der Waals surface area contributed by atoms with E-state index in [0.29, 0.717) is 11.6 Å². The maximum Gasteiger partial charge on any atom is 0.101 e. The molecule has 1 aromatic rings. The van der Waals surface area contributed by atoms with Gasteiger partial charge in [-0.2, -0.15) is 5.26 Å². The molecule has 1 fully saturated rings. The fourth-order valence-corrected chi connectivity index (χ4v) is 3.03. The van der Waals surface area contributed by atoms with Crippen molar-refractivity contribution in [3.8, 4) is 6.07 Å². The summed E-state index contributed by atoms with van der Waals surface area (Å²) in [5.74, 6) is 0. The van der Waals surface area contributed by atoms with E-state index >= 15 is 0 Å². The van der Waals surface area contributed by atoms with Crippen LogP contribution in [0.1, 0.15) is 44.6 Å². The van der Waals surface area contributed by atoms with Crippen molar-refractivity contribution < 1.29 is 5.11 Å². The van der Waals surface area contributed by atoms with Crippen molar-refractivity contribution in [1.82, 2.24) is 0 Å². The highest BCUT2D eigenvalue weighted by Crippen LogP contribution is 2.27. The molecule has 4 heteroatoms. The summed E-state index contributed by atoms with van der Waals surface area (Å²) >= 11 is 0. The topological polar surface area (TPSA) is 59.3 Å². The Kier molecular flexibility index (Phi) is 6.49. The van der Waals surface area contributed by atoms with Crippen LogP contribution in [0.15, 0.2) is 30.9 Å². The minimum absolute atomic E-state index is 0.201. The molecule has 2 rings (SSSR count). The number of anilines is 2. The van der Waals surface area contributed by atoms with Crippen LogP contribution in [0.25, 0.3) is 0 Å². The fraction of sp³-hybridized carbons (Fsp3) is 0.526. The summed E-state index contributed by atoms with van der Waals surface area (Å²) < 4.78 is 0. The van der Waals surface area contributed by atoms with Crippen LogP contribution in [0.2, 0.25) is 0 Å². The predicted molar refractivity (Wildman–Crippen MR) is 95.7 cm³/mol. The summed E-state index contributed by atoms with van der Waals surface area (Å²) in [7, 11) is 0. The van der Waals surface area contributed by atoms with Crippen molar-refractivity contribution in [2.75, 3.05) is 23.3 Å². The molecule has 0 aromatic heterocycles. The van der Waals surface area contributed by atoms with Gasteiger partial charge in [-0.15, -0.1) is 6.58 Å². The van der Waals surface area contributed by atoms with Crippen LogP contribution in [-0.4, -0.2) is 30.3 Å². The minimum Gasteiger partial charge on any atom is -0.393 e. The van der Waals surface area contributed by atoms with E-state index in [9.17, 15) is 10.4 Å². The zero-order chi connectivity index (χ0) is 16.7. The number of rotatable bonds is 7. The number of nitriles is 1. The second kappa shape index (κ2) is 8.59. The summed E-state index contributed by atoms with van der Waals surface area (Å²) in [5.41, 5.74) is 2.67. The molecule has 0 radical (unpaired) electrons. The molecule has 1 atom stereocenters. The molecule has 23 heavy (non-hydrogen) atoms. The van der Waals surface area contributed by atoms with Crippen molar-refractivity contribution >= 4 is 11.4 Å². The normalized spacial score (nSPS) is 16.7. The lowest BCUT2D eigenvalue weighted by Gasteiger charge is -2.32. The molecule has 1 saturated heterocycles. The Balaban J connectivity index is 2.10. The average Bonchev–Trinajstić information content (AvgIpc) is 2.59.